The molecule has 0 heterocycles. The monoisotopic (exact) mass is 332 g/mol. The van der Waals surface area contributed by atoms with Crippen LogP contribution >= 0.6 is 15.9 Å². The smallest absolute Gasteiger partial charge is 0.251 e. The van der Waals surface area contributed by atoms with Crippen molar-refractivity contribution in [1.82, 2.24) is 5.32 Å². The Balaban J connectivity index is 1.94. The second kappa shape index (κ2) is 7.22. The first-order valence-corrected chi connectivity index (χ1v) is 7.30. The lowest BCUT2D eigenvalue weighted by atomic mass is 10.1. The van der Waals surface area contributed by atoms with Crippen LogP contribution in [0.3, 0.4) is 0 Å². The maximum atomic E-state index is 12.0. The average molecular weight is 333 g/mol. The molecule has 20 heavy (non-hydrogen) atoms. The third-order valence-electron chi connectivity index (χ3n) is 2.99. The van der Waals surface area contributed by atoms with Gasteiger partial charge in [0.15, 0.2) is 0 Å². The van der Waals surface area contributed by atoms with Crippen LogP contribution in [0.1, 0.15) is 21.5 Å². The van der Waals surface area contributed by atoms with E-state index >= 15 is 0 Å². The van der Waals surface area contributed by atoms with Crippen molar-refractivity contribution in [2.24, 2.45) is 5.73 Å². The van der Waals surface area contributed by atoms with Gasteiger partial charge >= 0.3 is 0 Å². The molecule has 0 saturated heterocycles. The molecule has 0 aromatic heterocycles. The summed E-state index contributed by atoms with van der Waals surface area (Å²) in [5, 5.41) is 2.91. The fraction of sp³-hybridized carbons (Fsp3) is 0.188. The molecular weight excluding hydrogens is 316 g/mol. The topological polar surface area (TPSA) is 55.1 Å². The zero-order valence-corrected chi connectivity index (χ0v) is 12.7. The number of benzene rings is 2. The van der Waals surface area contributed by atoms with Gasteiger partial charge < -0.3 is 11.1 Å². The van der Waals surface area contributed by atoms with Crippen LogP contribution in [0.2, 0.25) is 0 Å². The molecule has 1 amide bonds. The second-order valence-electron chi connectivity index (χ2n) is 4.55. The summed E-state index contributed by atoms with van der Waals surface area (Å²) in [6, 6.07) is 15.4. The van der Waals surface area contributed by atoms with E-state index in [0.717, 1.165) is 22.0 Å². The molecule has 2 rings (SSSR count). The van der Waals surface area contributed by atoms with Crippen molar-refractivity contribution >= 4 is 21.8 Å². The fourth-order valence-electron chi connectivity index (χ4n) is 1.92. The molecule has 0 unspecified atom stereocenters. The summed E-state index contributed by atoms with van der Waals surface area (Å²) < 4.78 is 1.01. The zero-order valence-electron chi connectivity index (χ0n) is 11.1. The summed E-state index contributed by atoms with van der Waals surface area (Å²) in [6.45, 7) is 1.14. The van der Waals surface area contributed by atoms with E-state index < -0.39 is 0 Å². The molecule has 104 valence electrons. The maximum absolute atomic E-state index is 12.0. The van der Waals surface area contributed by atoms with Gasteiger partial charge in [-0.25, -0.2) is 0 Å². The van der Waals surface area contributed by atoms with Gasteiger partial charge in [0.1, 0.15) is 0 Å². The van der Waals surface area contributed by atoms with E-state index in [4.69, 9.17) is 5.73 Å². The van der Waals surface area contributed by atoms with Crippen LogP contribution < -0.4 is 11.1 Å². The highest BCUT2D eigenvalue weighted by Crippen LogP contribution is 2.11. The second-order valence-corrected chi connectivity index (χ2v) is 5.46. The number of amides is 1. The number of nitrogens with two attached hydrogens (primary N) is 1. The number of rotatable bonds is 5. The van der Waals surface area contributed by atoms with Gasteiger partial charge in [0.2, 0.25) is 0 Å². The third-order valence-corrected chi connectivity index (χ3v) is 3.48. The van der Waals surface area contributed by atoms with Gasteiger partial charge in [-0.1, -0.05) is 40.2 Å². The molecule has 0 aliphatic rings. The summed E-state index contributed by atoms with van der Waals surface area (Å²) >= 11 is 3.41. The SMILES string of the molecule is NCCc1ccc(C(=O)NCc2cccc(Br)c2)cc1. The van der Waals surface area contributed by atoms with E-state index in [1.165, 1.54) is 0 Å². The van der Waals surface area contributed by atoms with Crippen molar-refractivity contribution in [1.29, 1.82) is 0 Å². The Morgan fingerprint density at radius 1 is 1.10 bits per heavy atom. The van der Waals surface area contributed by atoms with Gasteiger partial charge in [0, 0.05) is 16.6 Å². The van der Waals surface area contributed by atoms with Gasteiger partial charge in [-0.15, -0.1) is 0 Å². The predicted molar refractivity (Wildman–Crippen MR) is 84.5 cm³/mol. The van der Waals surface area contributed by atoms with E-state index in [2.05, 4.69) is 21.2 Å². The van der Waals surface area contributed by atoms with Crippen LogP contribution in [0.5, 0.6) is 0 Å². The summed E-state index contributed by atoms with van der Waals surface area (Å²) in [4.78, 5) is 12.0. The highest BCUT2D eigenvalue weighted by atomic mass is 79.9. The zero-order chi connectivity index (χ0) is 14.4. The molecule has 4 heteroatoms. The molecule has 0 aliphatic heterocycles. The Morgan fingerprint density at radius 3 is 2.50 bits per heavy atom. The molecule has 0 spiro atoms. The number of carbonyl (C=O) groups excluding carboxylic acids is 1. The summed E-state index contributed by atoms with van der Waals surface area (Å²) in [5.74, 6) is -0.0655. The van der Waals surface area contributed by atoms with E-state index in [1.807, 2.05) is 48.5 Å². The van der Waals surface area contributed by atoms with E-state index in [-0.39, 0.29) is 5.91 Å². The molecule has 3 N–H and O–H groups in total. The largest absolute Gasteiger partial charge is 0.348 e. The quantitative estimate of drug-likeness (QED) is 0.884. The number of hydrogen-bond donors (Lipinski definition) is 2. The van der Waals surface area contributed by atoms with Gasteiger partial charge in [0.25, 0.3) is 5.91 Å². The van der Waals surface area contributed by atoms with Crippen molar-refractivity contribution in [2.45, 2.75) is 13.0 Å². The summed E-state index contributed by atoms with van der Waals surface area (Å²) in [7, 11) is 0. The Kier molecular flexibility index (Phi) is 5.32. The lowest BCUT2D eigenvalue weighted by Crippen LogP contribution is -2.22. The molecule has 0 bridgehead atoms. The fourth-order valence-corrected chi connectivity index (χ4v) is 2.37. The molecule has 0 atom stereocenters. The van der Waals surface area contributed by atoms with Crippen molar-refractivity contribution in [3.8, 4) is 0 Å². The molecule has 3 nitrogen and oxygen atoms in total. The average Bonchev–Trinajstić information content (AvgIpc) is 2.46. The Morgan fingerprint density at radius 2 is 1.85 bits per heavy atom. The Labute approximate surface area is 127 Å². The minimum atomic E-state index is -0.0655. The maximum Gasteiger partial charge on any atom is 0.251 e. The predicted octanol–water partition coefficient (Wildman–Crippen LogP) is 2.88. The van der Waals surface area contributed by atoms with Crippen molar-refractivity contribution in [2.75, 3.05) is 6.54 Å². The third kappa shape index (κ3) is 4.18. The minimum Gasteiger partial charge on any atom is -0.348 e. The number of carbonyl (C=O) groups is 1. The standard InChI is InChI=1S/C16H17BrN2O/c17-15-3-1-2-13(10-15)11-19-16(20)14-6-4-12(5-7-14)8-9-18/h1-7,10H,8-9,11,18H2,(H,19,20). The van der Waals surface area contributed by atoms with Crippen molar-refractivity contribution < 1.29 is 4.79 Å². The molecule has 2 aromatic carbocycles. The summed E-state index contributed by atoms with van der Waals surface area (Å²) in [5.41, 5.74) is 8.38. The van der Waals surface area contributed by atoms with Gasteiger partial charge in [-0.05, 0) is 48.4 Å². The first-order valence-electron chi connectivity index (χ1n) is 6.50. The molecular formula is C16H17BrN2O. The van der Waals surface area contributed by atoms with E-state index in [9.17, 15) is 4.79 Å². The normalized spacial score (nSPS) is 10.3. The Hall–Kier alpha value is -1.65. The molecule has 2 aromatic rings. The number of halogens is 1. The first kappa shape index (κ1) is 14.8. The molecule has 0 radical (unpaired) electrons. The highest BCUT2D eigenvalue weighted by molar-refractivity contribution is 9.10. The number of hydrogen-bond acceptors (Lipinski definition) is 2. The Bertz CT molecular complexity index is 581. The molecule has 0 saturated carbocycles. The summed E-state index contributed by atoms with van der Waals surface area (Å²) in [6.07, 6.45) is 0.833. The van der Waals surface area contributed by atoms with Crippen LogP contribution in [0.25, 0.3) is 0 Å². The van der Waals surface area contributed by atoms with Crippen LogP contribution in [-0.4, -0.2) is 12.5 Å². The first-order chi connectivity index (χ1) is 9.69. The molecule has 0 fully saturated rings. The lowest BCUT2D eigenvalue weighted by molar-refractivity contribution is 0.0951. The van der Waals surface area contributed by atoms with Crippen molar-refractivity contribution in [3.63, 3.8) is 0 Å². The minimum absolute atomic E-state index is 0.0655. The van der Waals surface area contributed by atoms with Crippen LogP contribution in [0.15, 0.2) is 53.0 Å². The van der Waals surface area contributed by atoms with Crippen molar-refractivity contribution in [3.05, 3.63) is 69.7 Å². The number of nitrogens with one attached hydrogen (secondary N) is 1. The van der Waals surface area contributed by atoms with Crippen LogP contribution in [-0.2, 0) is 13.0 Å². The van der Waals surface area contributed by atoms with E-state index in [0.29, 0.717) is 18.7 Å². The van der Waals surface area contributed by atoms with Crippen LogP contribution in [0.4, 0.5) is 0 Å². The van der Waals surface area contributed by atoms with Gasteiger partial charge in [-0.3, -0.25) is 4.79 Å². The van der Waals surface area contributed by atoms with Crippen LogP contribution in [0, 0.1) is 0 Å². The highest BCUT2D eigenvalue weighted by Gasteiger charge is 2.05. The molecule has 0 aliphatic carbocycles. The lowest BCUT2D eigenvalue weighted by Gasteiger charge is -2.06. The van der Waals surface area contributed by atoms with Gasteiger partial charge in [-0.2, -0.15) is 0 Å². The van der Waals surface area contributed by atoms with Gasteiger partial charge in [0.05, 0.1) is 0 Å². The van der Waals surface area contributed by atoms with E-state index in [1.54, 1.807) is 0 Å².